The van der Waals surface area contributed by atoms with Crippen molar-refractivity contribution in [2.24, 2.45) is 5.73 Å². The number of hydrogen-bond donors (Lipinski definition) is 1. The van der Waals surface area contributed by atoms with Crippen LogP contribution in [0.2, 0.25) is 0 Å². The van der Waals surface area contributed by atoms with E-state index in [1.165, 1.54) is 6.07 Å². The average molecular weight is 226 g/mol. The first-order valence-corrected chi connectivity index (χ1v) is 5.03. The molecule has 0 aromatic heterocycles. The molecular formula is C11H15FN2O2. The molecule has 0 unspecified atom stereocenters. The standard InChI is InChI=1S/C11H15FN2O2/c1-11(2,5-6-13)8-3-4-9(12)10(7-8)14(15)16/h3-4,7H,5-6,13H2,1-2H3. The summed E-state index contributed by atoms with van der Waals surface area (Å²) in [6, 6.07) is 3.98. The van der Waals surface area contributed by atoms with E-state index in [4.69, 9.17) is 5.73 Å². The summed E-state index contributed by atoms with van der Waals surface area (Å²) in [6.07, 6.45) is 0.690. The van der Waals surface area contributed by atoms with Gasteiger partial charge >= 0.3 is 5.69 Å². The number of nitro groups is 1. The molecule has 0 atom stereocenters. The van der Waals surface area contributed by atoms with Crippen LogP contribution in [0.5, 0.6) is 0 Å². The zero-order valence-electron chi connectivity index (χ0n) is 9.37. The van der Waals surface area contributed by atoms with E-state index < -0.39 is 16.4 Å². The van der Waals surface area contributed by atoms with Gasteiger partial charge in [0.1, 0.15) is 0 Å². The van der Waals surface area contributed by atoms with Crippen molar-refractivity contribution in [2.45, 2.75) is 25.7 Å². The van der Waals surface area contributed by atoms with Crippen LogP contribution < -0.4 is 5.73 Å². The third-order valence-electron chi connectivity index (χ3n) is 2.69. The third kappa shape index (κ3) is 2.55. The van der Waals surface area contributed by atoms with Gasteiger partial charge in [-0.25, -0.2) is 0 Å². The zero-order valence-corrected chi connectivity index (χ0v) is 9.37. The minimum Gasteiger partial charge on any atom is -0.330 e. The van der Waals surface area contributed by atoms with Gasteiger partial charge in [0.25, 0.3) is 0 Å². The van der Waals surface area contributed by atoms with Crippen LogP contribution in [0.1, 0.15) is 25.8 Å². The van der Waals surface area contributed by atoms with Crippen molar-refractivity contribution in [2.75, 3.05) is 6.54 Å². The Bertz CT molecular complexity index is 405. The zero-order chi connectivity index (χ0) is 12.3. The predicted molar refractivity (Wildman–Crippen MR) is 59.8 cm³/mol. The summed E-state index contributed by atoms with van der Waals surface area (Å²) in [6.45, 7) is 4.34. The fourth-order valence-electron chi connectivity index (χ4n) is 1.58. The van der Waals surface area contributed by atoms with Gasteiger partial charge in [0.2, 0.25) is 5.82 Å². The van der Waals surface area contributed by atoms with Crippen molar-refractivity contribution in [1.82, 2.24) is 0 Å². The fourth-order valence-corrected chi connectivity index (χ4v) is 1.58. The van der Waals surface area contributed by atoms with Gasteiger partial charge in [-0.3, -0.25) is 10.1 Å². The van der Waals surface area contributed by atoms with Gasteiger partial charge in [0.15, 0.2) is 0 Å². The summed E-state index contributed by atoms with van der Waals surface area (Å²) in [7, 11) is 0. The van der Waals surface area contributed by atoms with E-state index in [1.807, 2.05) is 13.8 Å². The van der Waals surface area contributed by atoms with Crippen LogP contribution in [0.15, 0.2) is 18.2 Å². The smallest absolute Gasteiger partial charge is 0.305 e. The van der Waals surface area contributed by atoms with Crippen LogP contribution >= 0.6 is 0 Å². The van der Waals surface area contributed by atoms with E-state index >= 15 is 0 Å². The van der Waals surface area contributed by atoms with Crippen LogP contribution in [0.25, 0.3) is 0 Å². The quantitative estimate of drug-likeness (QED) is 0.633. The molecule has 16 heavy (non-hydrogen) atoms. The molecule has 0 aliphatic heterocycles. The van der Waals surface area contributed by atoms with Gasteiger partial charge in [0.05, 0.1) is 4.92 Å². The summed E-state index contributed by atoms with van der Waals surface area (Å²) >= 11 is 0. The third-order valence-corrected chi connectivity index (χ3v) is 2.69. The highest BCUT2D eigenvalue weighted by Crippen LogP contribution is 2.30. The maximum atomic E-state index is 13.1. The maximum absolute atomic E-state index is 13.1. The lowest BCUT2D eigenvalue weighted by Crippen LogP contribution is -2.21. The molecule has 2 N–H and O–H groups in total. The Hall–Kier alpha value is -1.49. The Morgan fingerprint density at radius 3 is 2.62 bits per heavy atom. The average Bonchev–Trinajstić information content (AvgIpc) is 2.17. The highest BCUT2D eigenvalue weighted by molar-refractivity contribution is 5.39. The van der Waals surface area contributed by atoms with Crippen molar-refractivity contribution >= 4 is 5.69 Å². The number of rotatable bonds is 4. The summed E-state index contributed by atoms with van der Waals surface area (Å²) in [5.74, 6) is -0.808. The van der Waals surface area contributed by atoms with Gasteiger partial charge in [-0.2, -0.15) is 4.39 Å². The van der Waals surface area contributed by atoms with Gasteiger partial charge in [-0.05, 0) is 30.0 Å². The number of nitrogens with zero attached hydrogens (tertiary/aromatic N) is 1. The number of hydrogen-bond acceptors (Lipinski definition) is 3. The van der Waals surface area contributed by atoms with Crippen LogP contribution in [-0.2, 0) is 5.41 Å². The molecule has 0 spiro atoms. The Balaban J connectivity index is 3.17. The van der Waals surface area contributed by atoms with E-state index in [-0.39, 0.29) is 5.41 Å². The lowest BCUT2D eigenvalue weighted by atomic mass is 9.81. The molecular weight excluding hydrogens is 211 g/mol. The lowest BCUT2D eigenvalue weighted by molar-refractivity contribution is -0.387. The molecule has 0 amide bonds. The molecule has 0 bridgehead atoms. The van der Waals surface area contributed by atoms with Crippen LogP contribution in [-0.4, -0.2) is 11.5 Å². The Morgan fingerprint density at radius 2 is 2.12 bits per heavy atom. The molecule has 0 aliphatic rings. The van der Waals surface area contributed by atoms with Crippen molar-refractivity contribution in [1.29, 1.82) is 0 Å². The van der Waals surface area contributed by atoms with E-state index in [0.717, 1.165) is 11.6 Å². The molecule has 0 saturated heterocycles. The van der Waals surface area contributed by atoms with Crippen LogP contribution in [0.4, 0.5) is 10.1 Å². The van der Waals surface area contributed by atoms with E-state index in [1.54, 1.807) is 6.07 Å². The normalized spacial score (nSPS) is 11.5. The highest BCUT2D eigenvalue weighted by Gasteiger charge is 2.24. The minimum atomic E-state index is -0.808. The van der Waals surface area contributed by atoms with Gasteiger partial charge in [-0.15, -0.1) is 0 Å². The van der Waals surface area contributed by atoms with Crippen molar-refractivity contribution in [3.05, 3.63) is 39.7 Å². The molecule has 0 radical (unpaired) electrons. The Labute approximate surface area is 93.4 Å². The second-order valence-corrected chi connectivity index (χ2v) is 4.35. The van der Waals surface area contributed by atoms with E-state index in [0.29, 0.717) is 13.0 Å². The monoisotopic (exact) mass is 226 g/mol. The van der Waals surface area contributed by atoms with Crippen LogP contribution in [0.3, 0.4) is 0 Å². The summed E-state index contributed by atoms with van der Waals surface area (Å²) in [5, 5.41) is 10.6. The largest absolute Gasteiger partial charge is 0.330 e. The molecule has 4 nitrogen and oxygen atoms in total. The molecule has 0 aliphatic carbocycles. The number of benzene rings is 1. The SMILES string of the molecule is CC(C)(CCN)c1ccc(F)c([N+](=O)[O-])c1. The van der Waals surface area contributed by atoms with Gasteiger partial charge in [-0.1, -0.05) is 19.9 Å². The summed E-state index contributed by atoms with van der Waals surface area (Å²) < 4.78 is 13.1. The molecule has 0 fully saturated rings. The number of nitrogens with two attached hydrogens (primary N) is 1. The van der Waals surface area contributed by atoms with Crippen molar-refractivity contribution in [3.8, 4) is 0 Å². The summed E-state index contributed by atoms with van der Waals surface area (Å²) in [4.78, 5) is 9.89. The number of nitro benzene ring substituents is 1. The molecule has 1 aromatic rings. The second-order valence-electron chi connectivity index (χ2n) is 4.35. The molecule has 1 rings (SSSR count). The van der Waals surface area contributed by atoms with E-state index in [2.05, 4.69) is 0 Å². The van der Waals surface area contributed by atoms with Crippen LogP contribution in [0, 0.1) is 15.9 Å². The van der Waals surface area contributed by atoms with Crippen molar-refractivity contribution < 1.29 is 9.31 Å². The predicted octanol–water partition coefficient (Wildman–Crippen LogP) is 2.36. The first kappa shape index (κ1) is 12.6. The number of halogens is 1. The first-order chi connectivity index (χ1) is 7.38. The maximum Gasteiger partial charge on any atom is 0.305 e. The van der Waals surface area contributed by atoms with Crippen molar-refractivity contribution in [3.63, 3.8) is 0 Å². The first-order valence-electron chi connectivity index (χ1n) is 5.03. The molecule has 1 aromatic carbocycles. The molecule has 88 valence electrons. The highest BCUT2D eigenvalue weighted by atomic mass is 19.1. The van der Waals surface area contributed by atoms with E-state index in [9.17, 15) is 14.5 Å². The van der Waals surface area contributed by atoms with Gasteiger partial charge < -0.3 is 5.73 Å². The Kier molecular flexibility index (Phi) is 3.59. The molecule has 0 heterocycles. The molecule has 0 saturated carbocycles. The molecule has 5 heteroatoms. The topological polar surface area (TPSA) is 69.2 Å². The fraction of sp³-hybridized carbons (Fsp3) is 0.455. The Morgan fingerprint density at radius 1 is 1.50 bits per heavy atom. The minimum absolute atomic E-state index is 0.285. The second kappa shape index (κ2) is 4.57. The summed E-state index contributed by atoms with van der Waals surface area (Å²) in [5.41, 5.74) is 5.43. The lowest BCUT2D eigenvalue weighted by Gasteiger charge is -2.24. The van der Waals surface area contributed by atoms with Gasteiger partial charge in [0, 0.05) is 6.07 Å².